The van der Waals surface area contributed by atoms with Crippen molar-refractivity contribution in [3.8, 4) is 0 Å². The summed E-state index contributed by atoms with van der Waals surface area (Å²) in [6.07, 6.45) is 0.611. The third-order valence-electron chi connectivity index (χ3n) is 3.64. The number of sulfonamides is 1. The van der Waals surface area contributed by atoms with Gasteiger partial charge >= 0.3 is 0 Å². The molecule has 0 aliphatic heterocycles. The van der Waals surface area contributed by atoms with Gasteiger partial charge in [0.25, 0.3) is 0 Å². The van der Waals surface area contributed by atoms with Crippen LogP contribution in [0.25, 0.3) is 0 Å². The minimum atomic E-state index is -3.70. The van der Waals surface area contributed by atoms with Gasteiger partial charge in [0.15, 0.2) is 5.96 Å². The Kier molecular flexibility index (Phi) is 9.06. The van der Waals surface area contributed by atoms with E-state index in [1.807, 2.05) is 0 Å². The largest absolute Gasteiger partial charge is 0.356 e. The molecule has 148 valence electrons. The molecular formula is C17H21F2IN4O2S. The molecule has 4 N–H and O–H groups in total. The van der Waals surface area contributed by atoms with E-state index in [0.717, 1.165) is 23.8 Å². The Bertz CT molecular complexity index is 890. The number of hydrogen-bond donors (Lipinski definition) is 3. The number of nitrogens with zero attached hydrogens (tertiary/aromatic N) is 1. The second-order valence-electron chi connectivity index (χ2n) is 5.53. The standard InChI is InChI=1S/C17H20F2N4O2S.HI/c1-21-17(23-11-13-10-14(18)4-7-16(13)19)22-9-8-12-2-5-15(6-3-12)26(20,24)25;/h2-7,10H,8-9,11H2,1H3,(H2,20,24,25)(H2,21,22,23);1H. The van der Waals surface area contributed by atoms with Gasteiger partial charge in [-0.15, -0.1) is 24.0 Å². The number of rotatable bonds is 6. The molecule has 0 aromatic heterocycles. The topological polar surface area (TPSA) is 96.6 Å². The van der Waals surface area contributed by atoms with Gasteiger partial charge in [0, 0.05) is 25.7 Å². The number of primary sulfonamides is 1. The lowest BCUT2D eigenvalue weighted by atomic mass is 10.1. The van der Waals surface area contributed by atoms with Gasteiger partial charge in [0.2, 0.25) is 10.0 Å². The zero-order valence-electron chi connectivity index (χ0n) is 14.6. The fourth-order valence-electron chi connectivity index (χ4n) is 2.25. The molecule has 2 aromatic rings. The molecule has 2 aromatic carbocycles. The van der Waals surface area contributed by atoms with Gasteiger partial charge in [-0.3, -0.25) is 4.99 Å². The van der Waals surface area contributed by atoms with Crippen LogP contribution in [-0.2, 0) is 23.0 Å². The predicted molar refractivity (Wildman–Crippen MR) is 111 cm³/mol. The molecule has 0 aliphatic rings. The van der Waals surface area contributed by atoms with Gasteiger partial charge < -0.3 is 10.6 Å². The molecule has 0 aliphatic carbocycles. The van der Waals surface area contributed by atoms with E-state index >= 15 is 0 Å². The number of nitrogens with one attached hydrogen (secondary N) is 2. The Morgan fingerprint density at radius 1 is 1.11 bits per heavy atom. The van der Waals surface area contributed by atoms with E-state index < -0.39 is 21.7 Å². The first kappa shape index (κ1) is 23.2. The summed E-state index contributed by atoms with van der Waals surface area (Å²) < 4.78 is 49.2. The van der Waals surface area contributed by atoms with Crippen molar-refractivity contribution in [1.82, 2.24) is 10.6 Å². The summed E-state index contributed by atoms with van der Waals surface area (Å²) >= 11 is 0. The average Bonchev–Trinajstić information content (AvgIpc) is 2.60. The van der Waals surface area contributed by atoms with Crippen LogP contribution in [0.1, 0.15) is 11.1 Å². The SMILES string of the molecule is CN=C(NCCc1ccc(S(N)(=O)=O)cc1)NCc1cc(F)ccc1F.I. The van der Waals surface area contributed by atoms with Crippen LogP contribution >= 0.6 is 24.0 Å². The van der Waals surface area contributed by atoms with E-state index in [2.05, 4.69) is 15.6 Å². The van der Waals surface area contributed by atoms with Crippen LogP contribution < -0.4 is 15.8 Å². The monoisotopic (exact) mass is 510 g/mol. The summed E-state index contributed by atoms with van der Waals surface area (Å²) in [6, 6.07) is 9.53. The minimum absolute atomic E-state index is 0. The Morgan fingerprint density at radius 3 is 2.37 bits per heavy atom. The van der Waals surface area contributed by atoms with Crippen LogP contribution in [0.4, 0.5) is 8.78 Å². The first-order chi connectivity index (χ1) is 12.3. The quantitative estimate of drug-likeness (QED) is 0.315. The highest BCUT2D eigenvalue weighted by Crippen LogP contribution is 2.10. The van der Waals surface area contributed by atoms with Gasteiger partial charge in [0.1, 0.15) is 11.6 Å². The summed E-state index contributed by atoms with van der Waals surface area (Å²) in [5, 5.41) is 11.0. The van der Waals surface area contributed by atoms with Gasteiger partial charge in [-0.2, -0.15) is 0 Å². The molecule has 6 nitrogen and oxygen atoms in total. The maximum absolute atomic E-state index is 13.6. The van der Waals surface area contributed by atoms with Crippen LogP contribution in [0.3, 0.4) is 0 Å². The van der Waals surface area contributed by atoms with Crippen LogP contribution in [0, 0.1) is 11.6 Å². The van der Waals surface area contributed by atoms with Crippen LogP contribution in [0.5, 0.6) is 0 Å². The van der Waals surface area contributed by atoms with Crippen LogP contribution in [-0.4, -0.2) is 28.0 Å². The minimum Gasteiger partial charge on any atom is -0.356 e. The van der Waals surface area contributed by atoms with Crippen molar-refractivity contribution >= 4 is 40.0 Å². The Balaban J connectivity index is 0.00000364. The highest BCUT2D eigenvalue weighted by molar-refractivity contribution is 14.0. The Hall–Kier alpha value is -1.79. The number of benzene rings is 2. The van der Waals surface area contributed by atoms with Gasteiger partial charge in [-0.25, -0.2) is 22.3 Å². The Morgan fingerprint density at radius 2 is 1.78 bits per heavy atom. The highest BCUT2D eigenvalue weighted by Gasteiger charge is 2.07. The molecule has 2 rings (SSSR count). The van der Waals surface area contributed by atoms with Crippen LogP contribution in [0.15, 0.2) is 52.4 Å². The predicted octanol–water partition coefficient (Wildman–Crippen LogP) is 2.14. The molecule has 0 heterocycles. The van der Waals surface area contributed by atoms with Crippen molar-refractivity contribution in [3.05, 3.63) is 65.2 Å². The molecule has 0 unspecified atom stereocenters. The maximum Gasteiger partial charge on any atom is 0.238 e. The molecule has 0 spiro atoms. The Labute approximate surface area is 174 Å². The van der Waals surface area contributed by atoms with Crippen molar-refractivity contribution in [3.63, 3.8) is 0 Å². The smallest absolute Gasteiger partial charge is 0.238 e. The average molecular weight is 510 g/mol. The molecule has 0 saturated carbocycles. The molecule has 0 amide bonds. The summed E-state index contributed by atoms with van der Waals surface area (Å²) in [7, 11) is -2.13. The lowest BCUT2D eigenvalue weighted by Crippen LogP contribution is -2.38. The molecule has 0 saturated heterocycles. The van der Waals surface area contributed by atoms with Crippen molar-refractivity contribution in [1.29, 1.82) is 0 Å². The fourth-order valence-corrected chi connectivity index (χ4v) is 2.76. The maximum atomic E-state index is 13.6. The number of aliphatic imine (C=N–C) groups is 1. The van der Waals surface area contributed by atoms with Gasteiger partial charge in [-0.05, 0) is 42.3 Å². The van der Waals surface area contributed by atoms with Gasteiger partial charge in [-0.1, -0.05) is 12.1 Å². The van der Waals surface area contributed by atoms with Crippen molar-refractivity contribution in [2.75, 3.05) is 13.6 Å². The zero-order valence-corrected chi connectivity index (χ0v) is 17.7. The third kappa shape index (κ3) is 7.39. The van der Waals surface area contributed by atoms with E-state index in [-0.39, 0.29) is 41.0 Å². The zero-order chi connectivity index (χ0) is 19.2. The van der Waals surface area contributed by atoms with Crippen molar-refractivity contribution < 1.29 is 17.2 Å². The fraction of sp³-hybridized carbons (Fsp3) is 0.235. The summed E-state index contributed by atoms with van der Waals surface area (Å²) in [5.41, 5.74) is 1.11. The molecule has 27 heavy (non-hydrogen) atoms. The number of hydrogen-bond acceptors (Lipinski definition) is 3. The van der Waals surface area contributed by atoms with E-state index in [1.54, 1.807) is 19.2 Å². The van der Waals surface area contributed by atoms with Crippen LogP contribution in [0.2, 0.25) is 0 Å². The second-order valence-corrected chi connectivity index (χ2v) is 7.09. The first-order valence-electron chi connectivity index (χ1n) is 7.80. The van der Waals surface area contributed by atoms with Crippen molar-refractivity contribution in [2.45, 2.75) is 17.9 Å². The molecule has 0 atom stereocenters. The summed E-state index contributed by atoms with van der Waals surface area (Å²) in [6.45, 7) is 0.604. The summed E-state index contributed by atoms with van der Waals surface area (Å²) in [4.78, 5) is 4.07. The number of guanidine groups is 1. The molecule has 0 radical (unpaired) electrons. The summed E-state index contributed by atoms with van der Waals surface area (Å²) in [5.74, 6) is -0.562. The number of halogens is 3. The number of nitrogens with two attached hydrogens (primary N) is 1. The van der Waals surface area contributed by atoms with E-state index in [9.17, 15) is 17.2 Å². The third-order valence-corrected chi connectivity index (χ3v) is 4.56. The second kappa shape index (κ2) is 10.5. The van der Waals surface area contributed by atoms with E-state index in [1.165, 1.54) is 12.1 Å². The molecule has 0 bridgehead atoms. The van der Waals surface area contributed by atoms with E-state index in [4.69, 9.17) is 5.14 Å². The molecular weight excluding hydrogens is 489 g/mol. The lowest BCUT2D eigenvalue weighted by Gasteiger charge is -2.12. The lowest BCUT2D eigenvalue weighted by molar-refractivity contribution is 0.581. The molecule has 10 heteroatoms. The molecule has 0 fully saturated rings. The van der Waals surface area contributed by atoms with E-state index in [0.29, 0.717) is 18.9 Å². The van der Waals surface area contributed by atoms with Crippen molar-refractivity contribution in [2.24, 2.45) is 10.1 Å². The normalized spacial score (nSPS) is 11.6. The highest BCUT2D eigenvalue weighted by atomic mass is 127. The first-order valence-corrected chi connectivity index (χ1v) is 9.34. The van der Waals surface area contributed by atoms with Gasteiger partial charge in [0.05, 0.1) is 4.90 Å².